The molecule has 1 aromatic rings. The topological polar surface area (TPSA) is 469 Å². The van der Waals surface area contributed by atoms with E-state index in [9.17, 15) is 38.4 Å². The Morgan fingerprint density at radius 3 is 1.36 bits per heavy atom. The highest BCUT2D eigenvalue weighted by molar-refractivity contribution is 5.97. The van der Waals surface area contributed by atoms with Gasteiger partial charge >= 0.3 is 0 Å². The Hall–Kier alpha value is -7.22. The highest BCUT2D eigenvalue weighted by Crippen LogP contribution is 2.12. The lowest BCUT2D eigenvalue weighted by molar-refractivity contribution is -0.136. The van der Waals surface area contributed by atoms with E-state index in [4.69, 9.17) is 40.1 Å². The zero-order chi connectivity index (χ0) is 52.9. The standard InChI is InChI=1S/C43H79N19O8/c1-7-8-12-29(37(67)62-33(24(4)5)40(70)61-31(19-23(2)3)38(68)57-27(34(44)64)13-9-16-52-41(45)46)58-36(66)30(15-11-18-54-43(49)50)59-39(69)32(20-26-21-51-22-55-26)60-35(65)28(56-25(6)63)14-10-17-53-42(47)48/h21-24,27-33H,7-20H2,1-6H3,(H2,44,64)(H,51,55)(H,56,63)(H,57,68)(H,58,66)(H,59,69)(H,60,65)(H,61,70)(H,62,67)(H4,45,46,52)(H4,47,48,53)(H4,49,50,54)/t27-,28-,29?,30-,31-,32-,33-/m0/s1. The molecule has 27 heteroatoms. The first-order valence-corrected chi connectivity index (χ1v) is 23.5. The molecule has 7 atom stereocenters. The number of aliphatic imine (C=N–C) groups is 3. The normalized spacial score (nSPS) is 13.9. The van der Waals surface area contributed by atoms with Gasteiger partial charge in [-0.1, -0.05) is 47.5 Å². The smallest absolute Gasteiger partial charge is 0.243 e. The van der Waals surface area contributed by atoms with E-state index in [1.807, 2.05) is 20.8 Å². The third-order valence-corrected chi connectivity index (χ3v) is 10.5. The highest BCUT2D eigenvalue weighted by Gasteiger charge is 2.35. The van der Waals surface area contributed by atoms with Crippen molar-refractivity contribution in [2.24, 2.45) is 66.9 Å². The number of nitrogens with one attached hydrogen (secondary N) is 8. The molecular weight excluding hydrogens is 911 g/mol. The number of unbranched alkanes of at least 4 members (excludes halogenated alkanes) is 1. The van der Waals surface area contributed by atoms with Crippen LogP contribution in [-0.4, -0.2) is 137 Å². The maximum absolute atomic E-state index is 14.3. The van der Waals surface area contributed by atoms with Crippen LogP contribution in [0.25, 0.3) is 0 Å². The van der Waals surface area contributed by atoms with Crippen molar-refractivity contribution in [2.75, 3.05) is 19.6 Å². The number of rotatable bonds is 34. The van der Waals surface area contributed by atoms with Crippen LogP contribution in [0.2, 0.25) is 0 Å². The monoisotopic (exact) mass is 990 g/mol. The summed E-state index contributed by atoms with van der Waals surface area (Å²) in [6.45, 7) is 10.6. The van der Waals surface area contributed by atoms with Crippen molar-refractivity contribution in [1.82, 2.24) is 47.2 Å². The number of nitrogens with zero attached hydrogens (tertiary/aromatic N) is 4. The van der Waals surface area contributed by atoms with Crippen molar-refractivity contribution in [3.63, 3.8) is 0 Å². The molecule has 0 spiro atoms. The van der Waals surface area contributed by atoms with E-state index in [2.05, 4.69) is 62.2 Å². The number of amides is 8. The summed E-state index contributed by atoms with van der Waals surface area (Å²) in [6.07, 6.45) is 5.18. The minimum atomic E-state index is -1.31. The first-order valence-electron chi connectivity index (χ1n) is 23.5. The minimum absolute atomic E-state index is 0.0241. The van der Waals surface area contributed by atoms with Crippen LogP contribution in [0.3, 0.4) is 0 Å². The lowest BCUT2D eigenvalue weighted by atomic mass is 9.98. The van der Waals surface area contributed by atoms with E-state index >= 15 is 0 Å². The van der Waals surface area contributed by atoms with Crippen molar-refractivity contribution in [3.05, 3.63) is 18.2 Å². The number of imidazole rings is 1. The number of carbonyl (C=O) groups is 8. The van der Waals surface area contributed by atoms with Crippen LogP contribution in [0.15, 0.2) is 27.5 Å². The van der Waals surface area contributed by atoms with Gasteiger partial charge in [0.1, 0.15) is 42.3 Å². The van der Waals surface area contributed by atoms with Gasteiger partial charge in [-0.15, -0.1) is 0 Å². The van der Waals surface area contributed by atoms with Gasteiger partial charge in [-0.05, 0) is 63.2 Å². The van der Waals surface area contributed by atoms with Crippen LogP contribution in [0, 0.1) is 11.8 Å². The van der Waals surface area contributed by atoms with Crippen LogP contribution in [0.4, 0.5) is 0 Å². The molecule has 70 heavy (non-hydrogen) atoms. The van der Waals surface area contributed by atoms with Gasteiger partial charge in [0, 0.05) is 44.9 Å². The van der Waals surface area contributed by atoms with Crippen molar-refractivity contribution in [1.29, 1.82) is 0 Å². The average molecular weight is 990 g/mol. The molecule has 0 aliphatic carbocycles. The molecule has 27 nitrogen and oxygen atoms in total. The van der Waals surface area contributed by atoms with E-state index in [-0.39, 0.29) is 88.4 Å². The Kier molecular flexibility index (Phi) is 28.2. The lowest BCUT2D eigenvalue weighted by Crippen LogP contribution is -2.61. The van der Waals surface area contributed by atoms with Crippen molar-refractivity contribution >= 4 is 65.1 Å². The van der Waals surface area contributed by atoms with Crippen LogP contribution >= 0.6 is 0 Å². The first-order chi connectivity index (χ1) is 32.9. The van der Waals surface area contributed by atoms with Gasteiger partial charge in [-0.25, -0.2) is 4.98 Å². The quantitative estimate of drug-likeness (QED) is 0.0177. The Morgan fingerprint density at radius 2 is 0.943 bits per heavy atom. The Morgan fingerprint density at radius 1 is 0.543 bits per heavy atom. The number of hydrogen-bond donors (Lipinski definition) is 15. The Balaban J connectivity index is 3.45. The second-order valence-corrected chi connectivity index (χ2v) is 17.6. The number of carbonyl (C=O) groups excluding carboxylic acids is 8. The van der Waals surface area contributed by atoms with Crippen LogP contribution in [-0.2, 0) is 44.8 Å². The van der Waals surface area contributed by atoms with E-state index in [0.29, 0.717) is 31.4 Å². The zero-order valence-electron chi connectivity index (χ0n) is 41.3. The molecule has 0 saturated heterocycles. The molecule has 1 heterocycles. The van der Waals surface area contributed by atoms with Gasteiger partial charge in [-0.2, -0.15) is 0 Å². The molecule has 0 fully saturated rings. The van der Waals surface area contributed by atoms with Crippen LogP contribution in [0.1, 0.15) is 111 Å². The number of primary amides is 1. The molecule has 8 amide bonds. The number of aromatic amines is 1. The van der Waals surface area contributed by atoms with Crippen molar-refractivity contribution in [2.45, 2.75) is 154 Å². The Bertz CT molecular complexity index is 1930. The molecule has 0 aliphatic rings. The molecule has 0 bridgehead atoms. The summed E-state index contributed by atoms with van der Waals surface area (Å²) in [5, 5.41) is 18.8. The largest absolute Gasteiger partial charge is 0.370 e. The second-order valence-electron chi connectivity index (χ2n) is 17.6. The van der Waals surface area contributed by atoms with E-state index in [0.717, 1.165) is 0 Å². The third-order valence-electron chi connectivity index (χ3n) is 10.5. The maximum atomic E-state index is 14.3. The molecular formula is C43H79N19O8. The fourth-order valence-corrected chi connectivity index (χ4v) is 6.92. The van der Waals surface area contributed by atoms with Crippen molar-refractivity contribution in [3.8, 4) is 0 Å². The highest BCUT2D eigenvalue weighted by atomic mass is 16.2. The second kappa shape index (κ2) is 32.5. The number of aromatic nitrogens is 2. The van der Waals surface area contributed by atoms with Crippen LogP contribution in [0.5, 0.6) is 0 Å². The molecule has 1 unspecified atom stereocenters. The van der Waals surface area contributed by atoms with Gasteiger partial charge in [0.15, 0.2) is 17.9 Å². The average Bonchev–Trinajstić information content (AvgIpc) is 3.79. The molecule has 0 saturated carbocycles. The first kappa shape index (κ1) is 60.8. The number of hydrogen-bond acceptors (Lipinski definition) is 12. The van der Waals surface area contributed by atoms with E-state index < -0.39 is 95.5 Å². The van der Waals surface area contributed by atoms with Gasteiger partial charge in [0.05, 0.1) is 6.33 Å². The van der Waals surface area contributed by atoms with Crippen LogP contribution < -0.4 is 77.4 Å². The summed E-state index contributed by atoms with van der Waals surface area (Å²) in [7, 11) is 0. The molecule has 394 valence electrons. The fraction of sp³-hybridized carbons (Fsp3) is 0.674. The SMILES string of the molecule is CCCCC(NC(=O)[C@H](CCCN=C(N)N)NC(=O)[C@H](Cc1cnc[nH]1)NC(=O)[C@H](CCCN=C(N)N)NC(C)=O)C(=O)N[C@H](C(=O)N[C@@H](CC(C)C)C(=O)N[C@@H](CCCN=C(N)N)C(N)=O)C(C)C. The number of nitrogens with two attached hydrogens (primary N) is 7. The van der Waals surface area contributed by atoms with Gasteiger partial charge in [0.2, 0.25) is 47.3 Å². The van der Waals surface area contributed by atoms with E-state index in [1.54, 1.807) is 13.8 Å². The summed E-state index contributed by atoms with van der Waals surface area (Å²) in [4.78, 5) is 127. The molecule has 22 N–H and O–H groups in total. The van der Waals surface area contributed by atoms with Gasteiger partial charge in [-0.3, -0.25) is 53.3 Å². The molecule has 0 radical (unpaired) electrons. The molecule has 0 aromatic carbocycles. The van der Waals surface area contributed by atoms with Gasteiger partial charge < -0.3 is 82.3 Å². The number of H-pyrrole nitrogens is 1. The summed E-state index contributed by atoms with van der Waals surface area (Å²) in [5.41, 5.74) is 38.7. The number of guanidine groups is 3. The summed E-state index contributed by atoms with van der Waals surface area (Å²) in [5.74, 6) is -6.70. The zero-order valence-corrected chi connectivity index (χ0v) is 41.3. The molecule has 1 aromatic heterocycles. The van der Waals surface area contributed by atoms with E-state index in [1.165, 1.54) is 19.4 Å². The fourth-order valence-electron chi connectivity index (χ4n) is 6.92. The van der Waals surface area contributed by atoms with Gasteiger partial charge in [0.25, 0.3) is 0 Å². The maximum Gasteiger partial charge on any atom is 0.243 e. The summed E-state index contributed by atoms with van der Waals surface area (Å²) in [6, 6.07) is -8.31. The Labute approximate surface area is 409 Å². The molecule has 1 rings (SSSR count). The lowest BCUT2D eigenvalue weighted by Gasteiger charge is -2.29. The third kappa shape index (κ3) is 25.2. The predicted molar refractivity (Wildman–Crippen MR) is 264 cm³/mol. The molecule has 0 aliphatic heterocycles. The summed E-state index contributed by atoms with van der Waals surface area (Å²) >= 11 is 0. The minimum Gasteiger partial charge on any atom is -0.370 e. The van der Waals surface area contributed by atoms with Crippen molar-refractivity contribution < 1.29 is 38.4 Å². The summed E-state index contributed by atoms with van der Waals surface area (Å²) < 4.78 is 0. The predicted octanol–water partition coefficient (Wildman–Crippen LogP) is -4.10.